The maximum atomic E-state index is 10.6. The summed E-state index contributed by atoms with van der Waals surface area (Å²) in [6.07, 6.45) is 2.85. The van der Waals surface area contributed by atoms with E-state index in [1.54, 1.807) is 0 Å². The van der Waals surface area contributed by atoms with Crippen molar-refractivity contribution >= 4 is 15.2 Å². The summed E-state index contributed by atoms with van der Waals surface area (Å²) in [6, 6.07) is 0. The first kappa shape index (κ1) is 9.64. The van der Waals surface area contributed by atoms with E-state index in [9.17, 15) is 4.79 Å². The second kappa shape index (κ2) is 5.43. The van der Waals surface area contributed by atoms with Crippen LogP contribution in [0.25, 0.3) is 0 Å². The normalized spacial score (nSPS) is 12.2. The Balaban J connectivity index is 3.62. The van der Waals surface area contributed by atoms with E-state index < -0.39 is 0 Å². The molecule has 0 aromatic heterocycles. The molecule has 0 saturated carbocycles. The molecule has 0 aliphatic carbocycles. The van der Waals surface area contributed by atoms with Gasteiger partial charge in [-0.25, -0.2) is 4.79 Å². The van der Waals surface area contributed by atoms with E-state index in [0.29, 0.717) is 0 Å². The van der Waals surface area contributed by atoms with Gasteiger partial charge in [0.2, 0.25) is 0 Å². The molecule has 0 bridgehead atoms. The maximum Gasteiger partial charge on any atom is 0.330 e. The second-order valence-corrected chi connectivity index (χ2v) is 2.38. The first-order chi connectivity index (χ1) is 4.74. The molecule has 0 radical (unpaired) electrons. The number of esters is 1. The van der Waals surface area contributed by atoms with Gasteiger partial charge in [0.05, 0.1) is 0 Å². The fourth-order valence-corrected chi connectivity index (χ4v) is 0.940. The first-order valence-corrected chi connectivity index (χ1v) is 4.09. The van der Waals surface area contributed by atoms with Crippen LogP contribution in [0.1, 0.15) is 13.3 Å². The number of rotatable bonds is 4. The van der Waals surface area contributed by atoms with Gasteiger partial charge in [-0.1, -0.05) is 13.5 Å². The van der Waals surface area contributed by atoms with E-state index in [1.165, 1.54) is 6.08 Å². The van der Waals surface area contributed by atoms with Gasteiger partial charge in [0, 0.05) is 6.08 Å². The molecule has 58 valence electrons. The standard InChI is InChI=1S/C7H13O2P/c1-3-6(5-10)9-7(8)4-2/h4,6H,2-3,5,10H2,1H3. The van der Waals surface area contributed by atoms with Crippen molar-refractivity contribution in [3.05, 3.63) is 12.7 Å². The van der Waals surface area contributed by atoms with Gasteiger partial charge in [0.1, 0.15) is 6.10 Å². The van der Waals surface area contributed by atoms with Gasteiger partial charge in [0.25, 0.3) is 0 Å². The molecule has 2 nitrogen and oxygen atoms in total. The Morgan fingerprint density at radius 3 is 2.80 bits per heavy atom. The van der Waals surface area contributed by atoms with Gasteiger partial charge >= 0.3 is 5.97 Å². The highest BCUT2D eigenvalue weighted by Gasteiger charge is 2.05. The van der Waals surface area contributed by atoms with Gasteiger partial charge in [-0.05, 0) is 12.6 Å². The Bertz CT molecular complexity index is 119. The number of carbonyl (C=O) groups excluding carboxylic acids is 1. The Hall–Kier alpha value is -0.360. The van der Waals surface area contributed by atoms with E-state index in [0.717, 1.165) is 12.6 Å². The SMILES string of the molecule is C=CC(=O)OC(CC)CP. The molecule has 0 N–H and O–H groups in total. The molecule has 0 aliphatic rings. The highest BCUT2D eigenvalue weighted by Crippen LogP contribution is 2.02. The molecule has 2 atom stereocenters. The summed E-state index contributed by atoms with van der Waals surface area (Å²) in [4.78, 5) is 10.6. The van der Waals surface area contributed by atoms with E-state index in [2.05, 4.69) is 15.8 Å². The van der Waals surface area contributed by atoms with Crippen LogP contribution in [-0.4, -0.2) is 18.2 Å². The van der Waals surface area contributed by atoms with Crippen molar-refractivity contribution in [3.63, 3.8) is 0 Å². The molecule has 0 aromatic rings. The molecule has 3 heteroatoms. The predicted molar refractivity (Wildman–Crippen MR) is 44.9 cm³/mol. The Kier molecular flexibility index (Phi) is 5.23. The van der Waals surface area contributed by atoms with Crippen molar-refractivity contribution in [1.29, 1.82) is 0 Å². The zero-order valence-corrected chi connectivity index (χ0v) is 7.32. The average molecular weight is 160 g/mol. The van der Waals surface area contributed by atoms with Crippen molar-refractivity contribution < 1.29 is 9.53 Å². The summed E-state index contributed by atoms with van der Waals surface area (Å²) in [5.74, 6) is -0.339. The fraction of sp³-hybridized carbons (Fsp3) is 0.571. The molecular weight excluding hydrogens is 147 g/mol. The highest BCUT2D eigenvalue weighted by molar-refractivity contribution is 7.16. The Morgan fingerprint density at radius 1 is 1.90 bits per heavy atom. The van der Waals surface area contributed by atoms with Gasteiger partial charge in [-0.2, -0.15) is 0 Å². The Labute approximate surface area is 63.8 Å². The number of carbonyl (C=O) groups is 1. The first-order valence-electron chi connectivity index (χ1n) is 3.27. The average Bonchev–Trinajstić information content (AvgIpc) is 1.99. The lowest BCUT2D eigenvalue weighted by atomic mass is 10.3. The van der Waals surface area contributed by atoms with E-state index in [1.807, 2.05) is 6.92 Å². The quantitative estimate of drug-likeness (QED) is 0.352. The third-order valence-electron chi connectivity index (χ3n) is 1.17. The van der Waals surface area contributed by atoms with Gasteiger partial charge in [-0.3, -0.25) is 0 Å². The van der Waals surface area contributed by atoms with Crippen LogP contribution in [0.15, 0.2) is 12.7 Å². The minimum Gasteiger partial charge on any atom is -0.459 e. The lowest BCUT2D eigenvalue weighted by Gasteiger charge is -2.11. The molecule has 0 aromatic carbocycles. The van der Waals surface area contributed by atoms with Gasteiger partial charge in [-0.15, -0.1) is 9.24 Å². The third kappa shape index (κ3) is 3.62. The van der Waals surface area contributed by atoms with Crippen LogP contribution < -0.4 is 0 Å². The number of hydrogen-bond acceptors (Lipinski definition) is 2. The van der Waals surface area contributed by atoms with Crippen molar-refractivity contribution in [1.82, 2.24) is 0 Å². The van der Waals surface area contributed by atoms with Gasteiger partial charge in [0.15, 0.2) is 0 Å². The molecule has 0 heterocycles. The highest BCUT2D eigenvalue weighted by atomic mass is 31.0. The summed E-state index contributed by atoms with van der Waals surface area (Å²) < 4.78 is 4.92. The summed E-state index contributed by atoms with van der Waals surface area (Å²) in [6.45, 7) is 5.28. The molecule has 0 spiro atoms. The molecule has 0 saturated heterocycles. The van der Waals surface area contributed by atoms with E-state index >= 15 is 0 Å². The van der Waals surface area contributed by atoms with Crippen LogP contribution in [-0.2, 0) is 9.53 Å². The van der Waals surface area contributed by atoms with Crippen LogP contribution >= 0.6 is 9.24 Å². The Morgan fingerprint density at radius 2 is 2.50 bits per heavy atom. The van der Waals surface area contributed by atoms with Crippen molar-refractivity contribution in [3.8, 4) is 0 Å². The maximum absolute atomic E-state index is 10.6. The number of hydrogen-bond donors (Lipinski definition) is 0. The van der Waals surface area contributed by atoms with E-state index in [4.69, 9.17) is 4.74 Å². The zero-order chi connectivity index (χ0) is 7.98. The monoisotopic (exact) mass is 160 g/mol. The molecule has 2 unspecified atom stereocenters. The predicted octanol–water partition coefficient (Wildman–Crippen LogP) is 1.37. The molecule has 0 fully saturated rings. The van der Waals surface area contributed by atoms with Crippen LogP contribution in [0.5, 0.6) is 0 Å². The summed E-state index contributed by atoms with van der Waals surface area (Å²) >= 11 is 0. The van der Waals surface area contributed by atoms with Crippen molar-refractivity contribution in [2.75, 3.05) is 6.16 Å². The molecule has 0 aliphatic heterocycles. The van der Waals surface area contributed by atoms with Crippen LogP contribution in [0.3, 0.4) is 0 Å². The lowest BCUT2D eigenvalue weighted by Crippen LogP contribution is -2.16. The molecule has 0 amide bonds. The summed E-state index contributed by atoms with van der Waals surface area (Å²) in [5, 5.41) is 0. The fourth-order valence-electron chi connectivity index (χ4n) is 0.510. The topological polar surface area (TPSA) is 26.3 Å². The van der Waals surface area contributed by atoms with Crippen LogP contribution in [0, 0.1) is 0 Å². The van der Waals surface area contributed by atoms with E-state index in [-0.39, 0.29) is 12.1 Å². The van der Waals surface area contributed by atoms with Crippen LogP contribution in [0.4, 0.5) is 0 Å². The molecule has 10 heavy (non-hydrogen) atoms. The molecular formula is C7H13O2P. The minimum absolute atomic E-state index is 0.0236. The van der Waals surface area contributed by atoms with Crippen molar-refractivity contribution in [2.24, 2.45) is 0 Å². The largest absolute Gasteiger partial charge is 0.459 e. The van der Waals surface area contributed by atoms with Crippen molar-refractivity contribution in [2.45, 2.75) is 19.4 Å². The minimum atomic E-state index is -0.339. The van der Waals surface area contributed by atoms with Gasteiger partial charge < -0.3 is 4.74 Å². The number of ether oxygens (including phenoxy) is 1. The smallest absolute Gasteiger partial charge is 0.330 e. The third-order valence-corrected chi connectivity index (χ3v) is 1.69. The van der Waals surface area contributed by atoms with Crippen LogP contribution in [0.2, 0.25) is 0 Å². The zero-order valence-electron chi connectivity index (χ0n) is 6.17. The summed E-state index contributed by atoms with van der Waals surface area (Å²) in [7, 11) is 2.54. The lowest BCUT2D eigenvalue weighted by molar-refractivity contribution is -0.141. The second-order valence-electron chi connectivity index (χ2n) is 1.91. The molecule has 0 rings (SSSR count). The summed E-state index contributed by atoms with van der Waals surface area (Å²) in [5.41, 5.74) is 0.